The minimum Gasteiger partial charge on any atom is -0.480 e. The van der Waals surface area contributed by atoms with Crippen LogP contribution in [0.3, 0.4) is 0 Å². The minimum absolute atomic E-state index is 0.340. The topological polar surface area (TPSA) is 78.4 Å². The van der Waals surface area contributed by atoms with Crippen molar-refractivity contribution in [2.24, 2.45) is 0 Å². The lowest BCUT2D eigenvalue weighted by molar-refractivity contribution is -0.139. The van der Waals surface area contributed by atoms with E-state index >= 15 is 0 Å². The monoisotopic (exact) mass is 268 g/mol. The number of urea groups is 1. The second-order valence-electron chi connectivity index (χ2n) is 3.60. The van der Waals surface area contributed by atoms with Gasteiger partial charge in [-0.3, -0.25) is 0 Å². The number of hydrogen-bond donors (Lipinski definition) is 3. The summed E-state index contributed by atoms with van der Waals surface area (Å²) in [5, 5.41) is 13.9. The number of anilines is 1. The Hall–Kier alpha value is -1.69. The molecular weight excluding hydrogens is 252 g/mol. The summed E-state index contributed by atoms with van der Waals surface area (Å²) in [6.07, 6.45) is 2.25. The first-order chi connectivity index (χ1) is 8.58. The summed E-state index contributed by atoms with van der Waals surface area (Å²) in [5.74, 6) is -1.04. The Morgan fingerprint density at radius 2 is 2.06 bits per heavy atom. The number of rotatable bonds is 5. The predicted octanol–water partition coefficient (Wildman–Crippen LogP) is 2.39. The van der Waals surface area contributed by atoms with E-state index < -0.39 is 18.0 Å². The zero-order valence-electron chi connectivity index (χ0n) is 10.3. The average Bonchev–Trinajstić information content (AvgIpc) is 2.36. The molecule has 0 saturated carbocycles. The lowest BCUT2D eigenvalue weighted by Gasteiger charge is -2.14. The first-order valence-corrected chi connectivity index (χ1v) is 6.74. The largest absolute Gasteiger partial charge is 0.480 e. The van der Waals surface area contributed by atoms with E-state index in [9.17, 15) is 9.59 Å². The Morgan fingerprint density at radius 1 is 1.39 bits per heavy atom. The second kappa shape index (κ2) is 6.90. The number of carboxylic acids is 1. The zero-order chi connectivity index (χ0) is 13.5. The zero-order valence-corrected chi connectivity index (χ0v) is 11.1. The number of amides is 2. The van der Waals surface area contributed by atoms with Crippen molar-refractivity contribution in [1.82, 2.24) is 5.32 Å². The molecule has 98 valence electrons. The molecule has 2 amide bonds. The fraction of sp³-hybridized carbons (Fsp3) is 0.333. The summed E-state index contributed by atoms with van der Waals surface area (Å²) in [6.45, 7) is 1.70. The van der Waals surface area contributed by atoms with E-state index in [0.29, 0.717) is 12.1 Å². The molecule has 1 atom stereocenters. The Kier molecular flexibility index (Phi) is 5.51. The fourth-order valence-electron chi connectivity index (χ4n) is 1.40. The lowest BCUT2D eigenvalue weighted by Crippen LogP contribution is -2.42. The van der Waals surface area contributed by atoms with Gasteiger partial charge < -0.3 is 15.7 Å². The maximum absolute atomic E-state index is 11.7. The predicted molar refractivity (Wildman–Crippen MR) is 72.1 cm³/mol. The third-order valence-corrected chi connectivity index (χ3v) is 3.16. The minimum atomic E-state index is -1.04. The molecule has 0 saturated heterocycles. The van der Waals surface area contributed by atoms with E-state index in [1.54, 1.807) is 13.0 Å². The highest BCUT2D eigenvalue weighted by atomic mass is 32.2. The van der Waals surface area contributed by atoms with Crippen LogP contribution < -0.4 is 10.6 Å². The van der Waals surface area contributed by atoms with E-state index in [0.717, 1.165) is 4.90 Å². The van der Waals surface area contributed by atoms with E-state index in [2.05, 4.69) is 10.6 Å². The van der Waals surface area contributed by atoms with Crippen molar-refractivity contribution in [3.05, 3.63) is 24.3 Å². The number of carboxylic acid groups (broad SMARTS) is 1. The standard InChI is InChI=1S/C12H16N2O3S/c1-3-8(11(15)16)13-12(17)14-9-6-4-5-7-10(9)18-2/h4-8H,3H2,1-2H3,(H,15,16)(H2,13,14,17). The highest BCUT2D eigenvalue weighted by molar-refractivity contribution is 7.98. The molecule has 0 heterocycles. The van der Waals surface area contributed by atoms with Gasteiger partial charge >= 0.3 is 12.0 Å². The molecule has 1 aromatic carbocycles. The van der Waals surface area contributed by atoms with Gasteiger partial charge in [-0.1, -0.05) is 19.1 Å². The van der Waals surface area contributed by atoms with Gasteiger partial charge in [0.15, 0.2) is 0 Å². The summed E-state index contributed by atoms with van der Waals surface area (Å²) in [7, 11) is 0. The first-order valence-electron chi connectivity index (χ1n) is 5.51. The molecule has 5 nitrogen and oxygen atoms in total. The molecule has 3 N–H and O–H groups in total. The van der Waals surface area contributed by atoms with Gasteiger partial charge in [0.25, 0.3) is 0 Å². The third-order valence-electron chi connectivity index (χ3n) is 2.37. The third kappa shape index (κ3) is 3.96. The molecule has 0 spiro atoms. The van der Waals surface area contributed by atoms with Crippen molar-refractivity contribution in [2.75, 3.05) is 11.6 Å². The molecule has 0 aliphatic heterocycles. The number of thioether (sulfide) groups is 1. The first kappa shape index (κ1) is 14.4. The van der Waals surface area contributed by atoms with Crippen LogP contribution in [-0.4, -0.2) is 29.4 Å². The number of carbonyl (C=O) groups excluding carboxylic acids is 1. The molecule has 6 heteroatoms. The highest BCUT2D eigenvalue weighted by Crippen LogP contribution is 2.24. The number of para-hydroxylation sites is 1. The number of aliphatic carboxylic acids is 1. The quantitative estimate of drug-likeness (QED) is 0.716. The average molecular weight is 268 g/mol. The molecule has 0 radical (unpaired) electrons. The van der Waals surface area contributed by atoms with Crippen molar-refractivity contribution in [1.29, 1.82) is 0 Å². The highest BCUT2D eigenvalue weighted by Gasteiger charge is 2.17. The molecular formula is C12H16N2O3S. The normalized spacial score (nSPS) is 11.7. The van der Waals surface area contributed by atoms with E-state index in [1.807, 2.05) is 24.5 Å². The van der Waals surface area contributed by atoms with Gasteiger partial charge in [0.1, 0.15) is 6.04 Å². The Morgan fingerprint density at radius 3 is 2.61 bits per heavy atom. The van der Waals surface area contributed by atoms with Crippen LogP contribution in [0.5, 0.6) is 0 Å². The van der Waals surface area contributed by atoms with Crippen LogP contribution in [0.15, 0.2) is 29.2 Å². The van der Waals surface area contributed by atoms with Crippen LogP contribution >= 0.6 is 11.8 Å². The van der Waals surface area contributed by atoms with Crippen molar-refractivity contribution in [3.8, 4) is 0 Å². The fourth-order valence-corrected chi connectivity index (χ4v) is 1.96. The van der Waals surface area contributed by atoms with E-state index in [4.69, 9.17) is 5.11 Å². The van der Waals surface area contributed by atoms with Crippen molar-refractivity contribution >= 4 is 29.4 Å². The molecule has 0 bridgehead atoms. The van der Waals surface area contributed by atoms with Crippen LogP contribution in [0.25, 0.3) is 0 Å². The van der Waals surface area contributed by atoms with E-state index in [-0.39, 0.29) is 0 Å². The number of carbonyl (C=O) groups is 2. The Labute approximate surface area is 110 Å². The molecule has 0 aromatic heterocycles. The van der Waals surface area contributed by atoms with Crippen molar-refractivity contribution in [3.63, 3.8) is 0 Å². The van der Waals surface area contributed by atoms with Crippen LogP contribution in [0.2, 0.25) is 0 Å². The molecule has 0 fully saturated rings. The van der Waals surface area contributed by atoms with Crippen LogP contribution in [0.1, 0.15) is 13.3 Å². The Balaban J connectivity index is 2.67. The van der Waals surface area contributed by atoms with Gasteiger partial charge in [0.2, 0.25) is 0 Å². The van der Waals surface area contributed by atoms with Gasteiger partial charge in [-0.2, -0.15) is 0 Å². The van der Waals surface area contributed by atoms with Gasteiger partial charge in [-0.25, -0.2) is 9.59 Å². The maximum Gasteiger partial charge on any atom is 0.326 e. The second-order valence-corrected chi connectivity index (χ2v) is 4.45. The van der Waals surface area contributed by atoms with E-state index in [1.165, 1.54) is 11.8 Å². The van der Waals surface area contributed by atoms with Crippen molar-refractivity contribution in [2.45, 2.75) is 24.3 Å². The summed E-state index contributed by atoms with van der Waals surface area (Å²) in [6, 6.07) is 5.96. The number of benzene rings is 1. The molecule has 1 unspecified atom stereocenters. The summed E-state index contributed by atoms with van der Waals surface area (Å²) >= 11 is 1.51. The molecule has 1 rings (SSSR count). The molecule has 1 aromatic rings. The van der Waals surface area contributed by atoms with Crippen LogP contribution in [0, 0.1) is 0 Å². The Bertz CT molecular complexity index is 437. The molecule has 0 aliphatic rings. The number of hydrogen-bond acceptors (Lipinski definition) is 3. The number of nitrogens with one attached hydrogen (secondary N) is 2. The van der Waals surface area contributed by atoms with Crippen molar-refractivity contribution < 1.29 is 14.7 Å². The van der Waals surface area contributed by atoms with Gasteiger partial charge in [0.05, 0.1) is 5.69 Å². The van der Waals surface area contributed by atoms with Crippen LogP contribution in [-0.2, 0) is 4.79 Å². The smallest absolute Gasteiger partial charge is 0.326 e. The summed E-state index contributed by atoms with van der Waals surface area (Å²) in [5.41, 5.74) is 0.669. The molecule has 18 heavy (non-hydrogen) atoms. The van der Waals surface area contributed by atoms with Crippen LogP contribution in [0.4, 0.5) is 10.5 Å². The lowest BCUT2D eigenvalue weighted by atomic mass is 10.2. The summed E-state index contributed by atoms with van der Waals surface area (Å²) in [4.78, 5) is 23.4. The SMILES string of the molecule is CCC(NC(=O)Nc1ccccc1SC)C(=O)O. The van der Waals surface area contributed by atoms with Gasteiger partial charge in [-0.05, 0) is 24.8 Å². The maximum atomic E-state index is 11.7. The summed E-state index contributed by atoms with van der Waals surface area (Å²) < 4.78 is 0. The van der Waals surface area contributed by atoms with Gasteiger partial charge in [0, 0.05) is 4.90 Å². The van der Waals surface area contributed by atoms with Gasteiger partial charge in [-0.15, -0.1) is 11.8 Å². The molecule has 0 aliphatic carbocycles.